The first kappa shape index (κ1) is 20.6. The van der Waals surface area contributed by atoms with Crippen LogP contribution in [-0.2, 0) is 6.54 Å². The lowest BCUT2D eigenvalue weighted by atomic mass is 10.1. The lowest BCUT2D eigenvalue weighted by Gasteiger charge is -2.05. The Balaban J connectivity index is 1.23. The molecule has 2 heterocycles. The molecule has 158 valence electrons. The topological polar surface area (TPSA) is 91.8 Å². The molecule has 7 heteroatoms. The maximum atomic E-state index is 12.3. The number of aromatic nitrogens is 3. The molecule has 0 spiro atoms. The van der Waals surface area contributed by atoms with Gasteiger partial charge in [0.15, 0.2) is 5.69 Å². The Morgan fingerprint density at radius 1 is 1.03 bits per heavy atom. The Kier molecular flexibility index (Phi) is 6.24. The highest BCUT2D eigenvalue weighted by atomic mass is 16.2. The molecule has 0 fully saturated rings. The fraction of sp³-hybridized carbons (Fsp3) is 0.208. The van der Waals surface area contributed by atoms with E-state index < -0.39 is 0 Å². The molecule has 0 unspecified atom stereocenters. The van der Waals surface area contributed by atoms with E-state index in [0.29, 0.717) is 18.8 Å². The quantitative estimate of drug-likeness (QED) is 0.384. The van der Waals surface area contributed by atoms with Gasteiger partial charge in [-0.15, -0.1) is 0 Å². The normalized spacial score (nSPS) is 11.0. The predicted molar refractivity (Wildman–Crippen MR) is 121 cm³/mol. The van der Waals surface area contributed by atoms with Crippen molar-refractivity contribution in [3.63, 3.8) is 0 Å². The van der Waals surface area contributed by atoms with Crippen LogP contribution in [0.5, 0.6) is 0 Å². The van der Waals surface area contributed by atoms with Crippen LogP contribution in [-0.4, -0.2) is 39.7 Å². The standard InChI is InChI=1S/C24H25N5O2/c1-17(30)29-16-19(20-10-5-6-11-23(20)29)15-25-12-7-13-26-24(31)22-14-21(27-28-22)18-8-3-2-4-9-18/h2-6,8-11,14,16,25H,7,12-13,15H2,1H3,(H,26,31)(H,27,28). The number of aromatic amines is 1. The minimum atomic E-state index is -0.192. The van der Waals surface area contributed by atoms with Crippen molar-refractivity contribution in [1.29, 1.82) is 0 Å². The van der Waals surface area contributed by atoms with Crippen LogP contribution in [0.4, 0.5) is 0 Å². The van der Waals surface area contributed by atoms with Crippen LogP contribution >= 0.6 is 0 Å². The van der Waals surface area contributed by atoms with E-state index in [4.69, 9.17) is 0 Å². The van der Waals surface area contributed by atoms with Gasteiger partial charge < -0.3 is 10.6 Å². The molecule has 4 rings (SSSR count). The molecule has 31 heavy (non-hydrogen) atoms. The fourth-order valence-corrected chi connectivity index (χ4v) is 3.58. The number of carbonyl (C=O) groups is 2. The molecule has 2 aromatic carbocycles. The zero-order valence-corrected chi connectivity index (χ0v) is 17.4. The zero-order chi connectivity index (χ0) is 21.6. The summed E-state index contributed by atoms with van der Waals surface area (Å²) in [6.45, 7) is 3.52. The van der Waals surface area contributed by atoms with E-state index in [1.807, 2.05) is 60.8 Å². The molecule has 0 aliphatic rings. The molecular formula is C24H25N5O2. The van der Waals surface area contributed by atoms with Gasteiger partial charge in [0.05, 0.1) is 11.2 Å². The average molecular weight is 415 g/mol. The lowest BCUT2D eigenvalue weighted by molar-refractivity contribution is 0.0936. The molecule has 0 aliphatic heterocycles. The minimum absolute atomic E-state index is 0.000972. The lowest BCUT2D eigenvalue weighted by Crippen LogP contribution is -2.27. The highest BCUT2D eigenvalue weighted by Gasteiger charge is 2.12. The first-order valence-corrected chi connectivity index (χ1v) is 10.3. The van der Waals surface area contributed by atoms with E-state index >= 15 is 0 Å². The van der Waals surface area contributed by atoms with Gasteiger partial charge in [0.1, 0.15) is 0 Å². The SMILES string of the molecule is CC(=O)n1cc(CNCCCNC(=O)c2cc(-c3ccccc3)[nH]n2)c2ccccc21. The molecule has 0 aliphatic carbocycles. The largest absolute Gasteiger partial charge is 0.351 e. The number of hydrogen-bond acceptors (Lipinski definition) is 4. The average Bonchev–Trinajstić information content (AvgIpc) is 3.42. The van der Waals surface area contributed by atoms with Crippen molar-refractivity contribution >= 4 is 22.7 Å². The van der Waals surface area contributed by atoms with Gasteiger partial charge in [-0.25, -0.2) is 0 Å². The Morgan fingerprint density at radius 2 is 1.81 bits per heavy atom. The Hall–Kier alpha value is -3.71. The second kappa shape index (κ2) is 9.40. The van der Waals surface area contributed by atoms with Gasteiger partial charge in [-0.3, -0.25) is 19.3 Å². The highest BCUT2D eigenvalue weighted by molar-refractivity contribution is 5.94. The molecule has 0 saturated carbocycles. The molecule has 1 amide bonds. The molecular weight excluding hydrogens is 390 g/mol. The molecule has 2 aromatic heterocycles. The van der Waals surface area contributed by atoms with Crippen molar-refractivity contribution in [3.05, 3.63) is 78.1 Å². The number of rotatable bonds is 8. The number of nitrogens with zero attached hydrogens (tertiary/aromatic N) is 2. The van der Waals surface area contributed by atoms with Gasteiger partial charge in [0.25, 0.3) is 5.91 Å². The van der Waals surface area contributed by atoms with E-state index in [1.54, 1.807) is 17.6 Å². The van der Waals surface area contributed by atoms with E-state index in [2.05, 4.69) is 20.8 Å². The van der Waals surface area contributed by atoms with Crippen molar-refractivity contribution in [2.24, 2.45) is 0 Å². The van der Waals surface area contributed by atoms with Crippen LogP contribution in [0.2, 0.25) is 0 Å². The number of para-hydroxylation sites is 1. The van der Waals surface area contributed by atoms with Crippen molar-refractivity contribution in [2.75, 3.05) is 13.1 Å². The summed E-state index contributed by atoms with van der Waals surface area (Å²) in [6.07, 6.45) is 2.68. The maximum Gasteiger partial charge on any atom is 0.271 e. The van der Waals surface area contributed by atoms with Crippen LogP contribution < -0.4 is 10.6 Å². The number of fused-ring (bicyclic) bond motifs is 1. The third-order valence-electron chi connectivity index (χ3n) is 5.16. The van der Waals surface area contributed by atoms with Crippen molar-refractivity contribution < 1.29 is 9.59 Å². The Labute approximate surface area is 180 Å². The summed E-state index contributed by atoms with van der Waals surface area (Å²) >= 11 is 0. The molecule has 0 radical (unpaired) electrons. The summed E-state index contributed by atoms with van der Waals surface area (Å²) in [5, 5.41) is 14.4. The predicted octanol–water partition coefficient (Wildman–Crippen LogP) is 3.60. The number of H-pyrrole nitrogens is 1. The summed E-state index contributed by atoms with van der Waals surface area (Å²) < 4.78 is 1.68. The smallest absolute Gasteiger partial charge is 0.271 e. The number of benzene rings is 2. The van der Waals surface area contributed by atoms with Crippen molar-refractivity contribution in [3.8, 4) is 11.3 Å². The van der Waals surface area contributed by atoms with Gasteiger partial charge in [0, 0.05) is 31.6 Å². The van der Waals surface area contributed by atoms with Gasteiger partial charge in [-0.1, -0.05) is 48.5 Å². The summed E-state index contributed by atoms with van der Waals surface area (Å²) in [7, 11) is 0. The number of carbonyl (C=O) groups excluding carboxylic acids is 2. The van der Waals surface area contributed by atoms with E-state index in [-0.39, 0.29) is 11.8 Å². The van der Waals surface area contributed by atoms with Gasteiger partial charge in [0.2, 0.25) is 5.91 Å². The molecule has 4 aromatic rings. The van der Waals surface area contributed by atoms with Crippen molar-refractivity contribution in [1.82, 2.24) is 25.4 Å². The fourth-order valence-electron chi connectivity index (χ4n) is 3.58. The van der Waals surface area contributed by atoms with E-state index in [1.165, 1.54) is 0 Å². The molecule has 7 nitrogen and oxygen atoms in total. The van der Waals surface area contributed by atoms with Crippen LogP contribution in [0.1, 0.15) is 34.2 Å². The molecule has 0 saturated heterocycles. The molecule has 0 bridgehead atoms. The van der Waals surface area contributed by atoms with Gasteiger partial charge in [-0.05, 0) is 36.2 Å². The minimum Gasteiger partial charge on any atom is -0.351 e. The van der Waals surface area contributed by atoms with Crippen LogP contribution in [0.3, 0.4) is 0 Å². The number of hydrogen-bond donors (Lipinski definition) is 3. The first-order valence-electron chi connectivity index (χ1n) is 10.3. The van der Waals surface area contributed by atoms with Crippen LogP contribution in [0.15, 0.2) is 66.9 Å². The van der Waals surface area contributed by atoms with E-state index in [9.17, 15) is 9.59 Å². The van der Waals surface area contributed by atoms with E-state index in [0.717, 1.165) is 40.7 Å². The van der Waals surface area contributed by atoms with Crippen LogP contribution in [0, 0.1) is 0 Å². The molecule has 3 N–H and O–H groups in total. The number of amides is 1. The Morgan fingerprint density at radius 3 is 2.61 bits per heavy atom. The Bertz CT molecular complexity index is 1190. The number of nitrogens with one attached hydrogen (secondary N) is 3. The summed E-state index contributed by atoms with van der Waals surface area (Å²) in [4.78, 5) is 24.2. The summed E-state index contributed by atoms with van der Waals surface area (Å²) in [5.74, 6) is -0.193. The monoisotopic (exact) mass is 415 g/mol. The molecule has 0 atom stereocenters. The maximum absolute atomic E-state index is 12.3. The highest BCUT2D eigenvalue weighted by Crippen LogP contribution is 2.21. The van der Waals surface area contributed by atoms with Crippen molar-refractivity contribution in [2.45, 2.75) is 19.9 Å². The second-order valence-corrected chi connectivity index (χ2v) is 7.38. The summed E-state index contributed by atoms with van der Waals surface area (Å²) in [5.41, 5.74) is 4.19. The van der Waals surface area contributed by atoms with Gasteiger partial charge in [-0.2, -0.15) is 5.10 Å². The summed E-state index contributed by atoms with van der Waals surface area (Å²) in [6, 6.07) is 19.4. The first-order chi connectivity index (χ1) is 15.1. The zero-order valence-electron chi connectivity index (χ0n) is 17.4. The third-order valence-corrected chi connectivity index (χ3v) is 5.16. The van der Waals surface area contributed by atoms with Crippen LogP contribution in [0.25, 0.3) is 22.2 Å². The third kappa shape index (κ3) is 4.73. The second-order valence-electron chi connectivity index (χ2n) is 7.38. The van der Waals surface area contributed by atoms with Gasteiger partial charge >= 0.3 is 0 Å².